The lowest BCUT2D eigenvalue weighted by molar-refractivity contribution is -0.137. The SMILES string of the molecule is CCC[C@H](CC(=O)O)c1cccc(OCc2ccc(-c3cc(OC)ccc3F)c(OCCCC(C)C)c2)c1. The van der Waals surface area contributed by atoms with Crippen LogP contribution in [0.25, 0.3) is 11.1 Å². The third-order valence-corrected chi connectivity index (χ3v) is 6.49. The Bertz CT molecular complexity index is 1190. The number of methoxy groups -OCH3 is 1. The largest absolute Gasteiger partial charge is 0.497 e. The maximum Gasteiger partial charge on any atom is 0.303 e. The number of rotatable bonds is 15. The lowest BCUT2D eigenvalue weighted by Gasteiger charge is -2.17. The predicted molar refractivity (Wildman–Crippen MR) is 149 cm³/mol. The summed E-state index contributed by atoms with van der Waals surface area (Å²) in [7, 11) is 1.56. The third-order valence-electron chi connectivity index (χ3n) is 6.49. The van der Waals surface area contributed by atoms with Gasteiger partial charge in [-0.05, 0) is 78.6 Å². The molecule has 0 unspecified atom stereocenters. The van der Waals surface area contributed by atoms with Crippen molar-refractivity contribution in [1.82, 2.24) is 0 Å². The van der Waals surface area contributed by atoms with Crippen LogP contribution in [0.15, 0.2) is 60.7 Å². The molecule has 3 aromatic rings. The first-order valence-corrected chi connectivity index (χ1v) is 13.3. The van der Waals surface area contributed by atoms with Crippen LogP contribution in [0.1, 0.15) is 69.9 Å². The first kappa shape index (κ1) is 29.0. The lowest BCUT2D eigenvalue weighted by Crippen LogP contribution is -2.07. The minimum absolute atomic E-state index is 0.0519. The zero-order chi connectivity index (χ0) is 27.5. The van der Waals surface area contributed by atoms with Crippen molar-refractivity contribution < 1.29 is 28.5 Å². The van der Waals surface area contributed by atoms with Crippen LogP contribution in [-0.2, 0) is 11.4 Å². The molecule has 0 fully saturated rings. The Balaban J connectivity index is 1.82. The van der Waals surface area contributed by atoms with Gasteiger partial charge in [0.15, 0.2) is 0 Å². The number of aliphatic carboxylic acids is 1. The summed E-state index contributed by atoms with van der Waals surface area (Å²) in [5.74, 6) is 1.23. The molecule has 1 N–H and O–H groups in total. The van der Waals surface area contributed by atoms with Gasteiger partial charge >= 0.3 is 5.97 Å². The van der Waals surface area contributed by atoms with Gasteiger partial charge in [0.25, 0.3) is 0 Å². The van der Waals surface area contributed by atoms with Crippen LogP contribution in [0.4, 0.5) is 4.39 Å². The number of hydrogen-bond donors (Lipinski definition) is 1. The van der Waals surface area contributed by atoms with Gasteiger partial charge in [-0.1, -0.05) is 51.5 Å². The molecule has 6 heteroatoms. The summed E-state index contributed by atoms with van der Waals surface area (Å²) >= 11 is 0. The number of carbonyl (C=O) groups is 1. The van der Waals surface area contributed by atoms with Gasteiger partial charge in [-0.3, -0.25) is 4.79 Å². The van der Waals surface area contributed by atoms with Crippen LogP contribution in [0.5, 0.6) is 17.2 Å². The van der Waals surface area contributed by atoms with Crippen molar-refractivity contribution in [2.45, 2.75) is 65.4 Å². The average molecular weight is 523 g/mol. The normalized spacial score (nSPS) is 11.8. The van der Waals surface area contributed by atoms with Crippen molar-refractivity contribution in [1.29, 1.82) is 0 Å². The highest BCUT2D eigenvalue weighted by Gasteiger charge is 2.16. The molecule has 0 aromatic heterocycles. The average Bonchev–Trinajstić information content (AvgIpc) is 2.90. The van der Waals surface area contributed by atoms with E-state index in [4.69, 9.17) is 14.2 Å². The van der Waals surface area contributed by atoms with Gasteiger partial charge < -0.3 is 19.3 Å². The van der Waals surface area contributed by atoms with E-state index in [9.17, 15) is 14.3 Å². The molecular weight excluding hydrogens is 483 g/mol. The van der Waals surface area contributed by atoms with Crippen molar-refractivity contribution in [3.8, 4) is 28.4 Å². The van der Waals surface area contributed by atoms with Crippen molar-refractivity contribution >= 4 is 5.97 Å². The topological polar surface area (TPSA) is 65.0 Å². The van der Waals surface area contributed by atoms with E-state index in [2.05, 4.69) is 20.8 Å². The minimum Gasteiger partial charge on any atom is -0.497 e. The molecule has 0 heterocycles. The molecule has 0 saturated carbocycles. The molecule has 0 bridgehead atoms. The fraction of sp³-hybridized carbons (Fsp3) is 0.406. The summed E-state index contributed by atoms with van der Waals surface area (Å²) in [4.78, 5) is 11.3. The van der Waals surface area contributed by atoms with E-state index in [0.717, 1.165) is 36.8 Å². The van der Waals surface area contributed by atoms with E-state index >= 15 is 0 Å². The summed E-state index contributed by atoms with van der Waals surface area (Å²) in [5.41, 5.74) is 2.93. The van der Waals surface area contributed by atoms with E-state index < -0.39 is 5.97 Å². The number of carboxylic acid groups (broad SMARTS) is 1. The molecule has 0 radical (unpaired) electrons. The Morgan fingerprint density at radius 1 is 0.947 bits per heavy atom. The van der Waals surface area contributed by atoms with Crippen LogP contribution < -0.4 is 14.2 Å². The number of halogens is 1. The van der Waals surface area contributed by atoms with Crippen LogP contribution in [0.3, 0.4) is 0 Å². The first-order valence-electron chi connectivity index (χ1n) is 13.3. The van der Waals surface area contributed by atoms with Crippen LogP contribution in [0.2, 0.25) is 0 Å². The molecule has 0 aliphatic carbocycles. The second kappa shape index (κ2) is 14.4. The van der Waals surface area contributed by atoms with Gasteiger partial charge in [0.2, 0.25) is 0 Å². The summed E-state index contributed by atoms with van der Waals surface area (Å²) in [6.07, 6.45) is 3.75. The Labute approximate surface area is 225 Å². The monoisotopic (exact) mass is 522 g/mol. The Morgan fingerprint density at radius 3 is 2.47 bits per heavy atom. The van der Waals surface area contributed by atoms with Crippen molar-refractivity contribution in [3.05, 3.63) is 77.6 Å². The Kier molecular flexibility index (Phi) is 11.0. The lowest BCUT2D eigenvalue weighted by atomic mass is 9.91. The highest BCUT2D eigenvalue weighted by molar-refractivity contribution is 5.72. The Hall–Kier alpha value is -3.54. The van der Waals surface area contributed by atoms with E-state index in [1.807, 2.05) is 42.5 Å². The number of benzene rings is 3. The quantitative estimate of drug-likeness (QED) is 0.204. The number of carboxylic acids is 1. The van der Waals surface area contributed by atoms with E-state index in [-0.39, 0.29) is 18.2 Å². The zero-order valence-corrected chi connectivity index (χ0v) is 22.8. The number of hydrogen-bond acceptors (Lipinski definition) is 4. The molecule has 204 valence electrons. The second-order valence-corrected chi connectivity index (χ2v) is 10.0. The van der Waals surface area contributed by atoms with Crippen molar-refractivity contribution in [2.75, 3.05) is 13.7 Å². The van der Waals surface area contributed by atoms with Gasteiger partial charge in [0, 0.05) is 11.1 Å². The number of ether oxygens (including phenoxy) is 3. The Morgan fingerprint density at radius 2 is 1.76 bits per heavy atom. The summed E-state index contributed by atoms with van der Waals surface area (Å²) in [6, 6.07) is 18.0. The standard InChI is InChI=1S/C32H39FO5/c1-5-8-24(19-32(34)35)25-10-6-11-27(18-25)38-21-23-12-14-28(29-20-26(36-4)13-15-30(29)33)31(17-23)37-16-7-9-22(2)3/h6,10-15,17-18,20,22,24H,5,7-9,16,19,21H2,1-4H3,(H,34,35)/t24-/m1/s1. The van der Waals surface area contributed by atoms with Gasteiger partial charge in [-0.15, -0.1) is 0 Å². The minimum atomic E-state index is -0.803. The molecule has 0 saturated heterocycles. The molecule has 5 nitrogen and oxygen atoms in total. The van der Waals surface area contributed by atoms with Gasteiger partial charge in [-0.2, -0.15) is 0 Å². The highest BCUT2D eigenvalue weighted by atomic mass is 19.1. The zero-order valence-electron chi connectivity index (χ0n) is 22.8. The molecule has 3 rings (SSSR count). The fourth-order valence-corrected chi connectivity index (χ4v) is 4.48. The third kappa shape index (κ3) is 8.51. The van der Waals surface area contributed by atoms with E-state index in [1.165, 1.54) is 6.07 Å². The van der Waals surface area contributed by atoms with E-state index in [0.29, 0.717) is 47.5 Å². The molecule has 38 heavy (non-hydrogen) atoms. The molecule has 0 spiro atoms. The molecule has 0 amide bonds. The molecule has 3 aromatic carbocycles. The maximum atomic E-state index is 14.8. The fourth-order valence-electron chi connectivity index (χ4n) is 4.48. The van der Waals surface area contributed by atoms with Gasteiger partial charge in [0.05, 0.1) is 20.1 Å². The van der Waals surface area contributed by atoms with Crippen LogP contribution in [0, 0.1) is 11.7 Å². The van der Waals surface area contributed by atoms with Crippen molar-refractivity contribution in [2.24, 2.45) is 5.92 Å². The van der Waals surface area contributed by atoms with E-state index in [1.54, 1.807) is 19.2 Å². The molecule has 0 aliphatic heterocycles. The van der Waals surface area contributed by atoms with Crippen LogP contribution in [-0.4, -0.2) is 24.8 Å². The maximum absolute atomic E-state index is 14.8. The summed E-state index contributed by atoms with van der Waals surface area (Å²) < 4.78 is 32.4. The molecule has 0 aliphatic rings. The van der Waals surface area contributed by atoms with Gasteiger partial charge in [0.1, 0.15) is 29.7 Å². The van der Waals surface area contributed by atoms with Crippen LogP contribution >= 0.6 is 0 Å². The second-order valence-electron chi connectivity index (χ2n) is 10.0. The smallest absolute Gasteiger partial charge is 0.303 e. The molecule has 1 atom stereocenters. The summed E-state index contributed by atoms with van der Waals surface area (Å²) in [5, 5.41) is 9.30. The summed E-state index contributed by atoms with van der Waals surface area (Å²) in [6.45, 7) is 7.24. The first-order chi connectivity index (χ1) is 18.3. The highest BCUT2D eigenvalue weighted by Crippen LogP contribution is 2.36. The molecular formula is C32H39FO5. The van der Waals surface area contributed by atoms with Gasteiger partial charge in [-0.25, -0.2) is 4.39 Å². The van der Waals surface area contributed by atoms with Crippen molar-refractivity contribution in [3.63, 3.8) is 0 Å². The predicted octanol–water partition coefficient (Wildman–Crippen LogP) is 8.25.